The van der Waals surface area contributed by atoms with Gasteiger partial charge < -0.3 is 15.0 Å². The Morgan fingerprint density at radius 1 is 1.12 bits per heavy atom. The zero-order valence-electron chi connectivity index (χ0n) is 18.1. The van der Waals surface area contributed by atoms with Gasteiger partial charge in [0.2, 0.25) is 5.91 Å². The van der Waals surface area contributed by atoms with Crippen molar-refractivity contribution in [2.24, 2.45) is 0 Å². The minimum atomic E-state index is -1.06. The van der Waals surface area contributed by atoms with Crippen molar-refractivity contribution in [3.63, 3.8) is 0 Å². The number of imidazole rings is 1. The number of aromatic nitrogens is 2. The summed E-state index contributed by atoms with van der Waals surface area (Å²) in [4.78, 5) is 29.0. The van der Waals surface area contributed by atoms with Gasteiger partial charge in [0, 0.05) is 29.8 Å². The maximum absolute atomic E-state index is 12.8. The summed E-state index contributed by atoms with van der Waals surface area (Å²) in [6.07, 6.45) is 4.80. The van der Waals surface area contributed by atoms with Gasteiger partial charge in [-0.05, 0) is 23.6 Å². The Hall–Kier alpha value is -3.12. The zero-order valence-corrected chi connectivity index (χ0v) is 18.9. The van der Waals surface area contributed by atoms with Crippen LogP contribution in [0.25, 0.3) is 0 Å². The number of nitrogens with one attached hydrogen (secondary N) is 1. The smallest absolute Gasteiger partial charge is 0.326 e. The molecule has 7 heteroatoms. The SMILES string of the molecule is CCCCc1ncc(CC(=O)NC(Cc2ccccc2)C(=O)O)n1Cc1ccccc1Cl. The number of halogens is 1. The van der Waals surface area contributed by atoms with Crippen LogP contribution in [0, 0.1) is 0 Å². The third kappa shape index (κ3) is 6.44. The number of unbranched alkanes of at least 4 members (excludes halogenated alkanes) is 1. The first-order chi connectivity index (χ1) is 15.5. The number of carbonyl (C=O) groups is 2. The molecule has 2 aromatic carbocycles. The van der Waals surface area contributed by atoms with Gasteiger partial charge in [0.05, 0.1) is 13.0 Å². The Labute approximate surface area is 193 Å². The van der Waals surface area contributed by atoms with Crippen LogP contribution < -0.4 is 5.32 Å². The van der Waals surface area contributed by atoms with Gasteiger partial charge in [-0.1, -0.05) is 73.5 Å². The maximum atomic E-state index is 12.8. The van der Waals surface area contributed by atoms with E-state index in [4.69, 9.17) is 11.6 Å². The van der Waals surface area contributed by atoms with E-state index >= 15 is 0 Å². The highest BCUT2D eigenvalue weighted by molar-refractivity contribution is 6.31. The molecule has 0 saturated heterocycles. The summed E-state index contributed by atoms with van der Waals surface area (Å²) in [6.45, 7) is 2.63. The molecule has 0 spiro atoms. The number of carbonyl (C=O) groups excluding carboxylic acids is 1. The third-order valence-electron chi connectivity index (χ3n) is 5.32. The van der Waals surface area contributed by atoms with Crippen LogP contribution in [0.2, 0.25) is 5.02 Å². The van der Waals surface area contributed by atoms with Crippen molar-refractivity contribution < 1.29 is 14.7 Å². The molecule has 0 aliphatic carbocycles. The molecular formula is C25H28ClN3O3. The number of hydrogen-bond donors (Lipinski definition) is 2. The van der Waals surface area contributed by atoms with Crippen LogP contribution >= 0.6 is 11.6 Å². The van der Waals surface area contributed by atoms with Crippen molar-refractivity contribution in [3.8, 4) is 0 Å². The average molecular weight is 454 g/mol. The molecule has 0 bridgehead atoms. The van der Waals surface area contributed by atoms with Gasteiger partial charge in [-0.25, -0.2) is 9.78 Å². The van der Waals surface area contributed by atoms with Crippen LogP contribution in [0.5, 0.6) is 0 Å². The van der Waals surface area contributed by atoms with E-state index in [1.54, 1.807) is 6.20 Å². The predicted octanol–water partition coefficient (Wildman–Crippen LogP) is 4.28. The molecule has 32 heavy (non-hydrogen) atoms. The van der Waals surface area contributed by atoms with Crippen molar-refractivity contribution in [2.75, 3.05) is 0 Å². The first-order valence-electron chi connectivity index (χ1n) is 10.8. The Morgan fingerprint density at radius 2 is 1.84 bits per heavy atom. The summed E-state index contributed by atoms with van der Waals surface area (Å²) in [6, 6.07) is 15.9. The van der Waals surface area contributed by atoms with Crippen molar-refractivity contribution in [1.29, 1.82) is 0 Å². The van der Waals surface area contributed by atoms with Gasteiger partial charge in [-0.15, -0.1) is 0 Å². The fourth-order valence-corrected chi connectivity index (χ4v) is 3.77. The maximum Gasteiger partial charge on any atom is 0.326 e. The summed E-state index contributed by atoms with van der Waals surface area (Å²) in [7, 11) is 0. The molecule has 1 atom stereocenters. The molecule has 3 aromatic rings. The highest BCUT2D eigenvalue weighted by Crippen LogP contribution is 2.19. The second kappa shape index (κ2) is 11.5. The Morgan fingerprint density at radius 3 is 2.53 bits per heavy atom. The second-order valence-corrected chi connectivity index (χ2v) is 8.18. The number of aliphatic carboxylic acids is 1. The van der Waals surface area contributed by atoms with E-state index in [0.29, 0.717) is 11.6 Å². The van der Waals surface area contributed by atoms with Crippen LogP contribution in [0.4, 0.5) is 0 Å². The Balaban J connectivity index is 1.76. The first-order valence-corrected chi connectivity index (χ1v) is 11.2. The lowest BCUT2D eigenvalue weighted by molar-refractivity contribution is -0.141. The average Bonchev–Trinajstić information content (AvgIpc) is 3.15. The molecule has 2 N–H and O–H groups in total. The highest BCUT2D eigenvalue weighted by atomic mass is 35.5. The quantitative estimate of drug-likeness (QED) is 0.453. The fraction of sp³-hybridized carbons (Fsp3) is 0.320. The number of carboxylic acids is 1. The predicted molar refractivity (Wildman–Crippen MR) is 125 cm³/mol. The summed E-state index contributed by atoms with van der Waals surface area (Å²) >= 11 is 6.36. The molecule has 0 radical (unpaired) electrons. The molecule has 0 saturated carbocycles. The Kier molecular flexibility index (Phi) is 8.45. The van der Waals surface area contributed by atoms with E-state index < -0.39 is 12.0 Å². The molecule has 1 amide bonds. The van der Waals surface area contributed by atoms with Gasteiger partial charge in [-0.2, -0.15) is 0 Å². The van der Waals surface area contributed by atoms with Crippen molar-refractivity contribution in [2.45, 2.75) is 51.6 Å². The highest BCUT2D eigenvalue weighted by Gasteiger charge is 2.22. The fourth-order valence-electron chi connectivity index (χ4n) is 3.58. The van der Waals surface area contributed by atoms with E-state index in [0.717, 1.165) is 41.9 Å². The molecule has 3 rings (SSSR count). The van der Waals surface area contributed by atoms with Crippen LogP contribution in [0.15, 0.2) is 60.8 Å². The minimum absolute atomic E-state index is 0.0438. The number of amides is 1. The molecule has 1 heterocycles. The van der Waals surface area contributed by atoms with Crippen molar-refractivity contribution in [1.82, 2.24) is 14.9 Å². The molecule has 6 nitrogen and oxygen atoms in total. The van der Waals surface area contributed by atoms with Crippen LogP contribution in [0.1, 0.15) is 42.4 Å². The summed E-state index contributed by atoms with van der Waals surface area (Å²) in [5, 5.41) is 12.9. The van der Waals surface area contributed by atoms with Crippen molar-refractivity contribution in [3.05, 3.63) is 88.5 Å². The van der Waals surface area contributed by atoms with Crippen LogP contribution in [0.3, 0.4) is 0 Å². The normalized spacial score (nSPS) is 11.8. The van der Waals surface area contributed by atoms with E-state index in [2.05, 4.69) is 17.2 Å². The van der Waals surface area contributed by atoms with Gasteiger partial charge in [0.15, 0.2) is 0 Å². The van der Waals surface area contributed by atoms with Crippen molar-refractivity contribution >= 4 is 23.5 Å². The van der Waals surface area contributed by atoms with Gasteiger partial charge in [-0.3, -0.25) is 4.79 Å². The molecule has 168 valence electrons. The monoisotopic (exact) mass is 453 g/mol. The number of benzene rings is 2. The number of carboxylic acid groups (broad SMARTS) is 1. The van der Waals surface area contributed by atoms with Gasteiger partial charge >= 0.3 is 5.97 Å². The lowest BCUT2D eigenvalue weighted by Crippen LogP contribution is -2.43. The summed E-state index contributed by atoms with van der Waals surface area (Å²) < 4.78 is 2.02. The largest absolute Gasteiger partial charge is 0.480 e. The second-order valence-electron chi connectivity index (χ2n) is 7.77. The van der Waals surface area contributed by atoms with E-state index in [9.17, 15) is 14.7 Å². The van der Waals surface area contributed by atoms with E-state index in [-0.39, 0.29) is 18.7 Å². The molecule has 0 aliphatic rings. The van der Waals surface area contributed by atoms with Gasteiger partial charge in [0.1, 0.15) is 11.9 Å². The number of aryl methyl sites for hydroxylation is 1. The lowest BCUT2D eigenvalue weighted by atomic mass is 10.1. The number of hydrogen-bond acceptors (Lipinski definition) is 3. The summed E-state index contributed by atoms with van der Waals surface area (Å²) in [5.74, 6) is -0.514. The molecule has 0 fully saturated rings. The van der Waals surface area contributed by atoms with E-state index in [1.807, 2.05) is 59.2 Å². The standard InChI is InChI=1S/C25H28ClN3O3/c1-2-3-13-23-27-16-20(29(23)17-19-11-7-8-12-21(19)26)15-24(30)28-22(25(31)32)14-18-9-5-4-6-10-18/h4-12,16,22H,2-3,13-15,17H2,1H3,(H,28,30)(H,31,32). The molecule has 1 unspecified atom stereocenters. The molecule has 1 aromatic heterocycles. The van der Waals surface area contributed by atoms with Gasteiger partial charge in [0.25, 0.3) is 0 Å². The molecule has 0 aliphatic heterocycles. The number of rotatable bonds is 11. The first kappa shape index (κ1) is 23.5. The van der Waals surface area contributed by atoms with E-state index in [1.165, 1.54) is 0 Å². The van der Waals surface area contributed by atoms with Crippen LogP contribution in [-0.2, 0) is 35.4 Å². The third-order valence-corrected chi connectivity index (χ3v) is 5.69. The minimum Gasteiger partial charge on any atom is -0.480 e. The lowest BCUT2D eigenvalue weighted by Gasteiger charge is -2.16. The van der Waals surface area contributed by atoms with Crippen LogP contribution in [-0.4, -0.2) is 32.6 Å². The number of nitrogens with zero attached hydrogens (tertiary/aromatic N) is 2. The Bertz CT molecular complexity index is 1050. The topological polar surface area (TPSA) is 84.2 Å². The summed E-state index contributed by atoms with van der Waals surface area (Å²) in [5.41, 5.74) is 2.53. The zero-order chi connectivity index (χ0) is 22.9. The molecular weight excluding hydrogens is 426 g/mol.